The minimum atomic E-state index is -0.735. The highest BCUT2D eigenvalue weighted by Gasteiger charge is 2.52. The average molecular weight is 669 g/mol. The van der Waals surface area contributed by atoms with Gasteiger partial charge in [-0.05, 0) is 80.2 Å². The summed E-state index contributed by atoms with van der Waals surface area (Å²) >= 11 is 0. The standard InChI is InChI=1S/C37H45BN4O7/c1-20(2)31(41-35(44)46-8)34(43)42-17-21(18-45-7)13-29(42)33-39-28-12-9-22-15-27-25-11-10-24(38-48-36(3,4)37(5,6)49-38)14-23(25)19-47-30(27)16-26(22)32(28)40-33/h9-12,14-16,20-21,29,31H,13,17-19H2,1-8H3,(H,39,40)(H,41,44)/t21-,29?,31-/m0/s1. The van der Waals surface area contributed by atoms with Gasteiger partial charge >= 0.3 is 13.2 Å². The first kappa shape index (κ1) is 33.4. The third kappa shape index (κ3) is 5.83. The summed E-state index contributed by atoms with van der Waals surface area (Å²) in [4.78, 5) is 36.5. The summed E-state index contributed by atoms with van der Waals surface area (Å²) in [7, 11) is 2.53. The van der Waals surface area contributed by atoms with Gasteiger partial charge in [0.1, 0.15) is 24.2 Å². The number of carbonyl (C=O) groups excluding carboxylic acids is 2. The van der Waals surface area contributed by atoms with Gasteiger partial charge in [-0.1, -0.05) is 38.1 Å². The Balaban J connectivity index is 1.21. The molecule has 4 aromatic rings. The van der Waals surface area contributed by atoms with Crippen LogP contribution in [0, 0.1) is 11.8 Å². The van der Waals surface area contributed by atoms with Gasteiger partial charge < -0.3 is 38.7 Å². The van der Waals surface area contributed by atoms with Crippen LogP contribution >= 0.6 is 0 Å². The number of imidazole rings is 1. The fourth-order valence-electron chi connectivity index (χ4n) is 7.27. The maximum Gasteiger partial charge on any atom is 0.494 e. The molecule has 0 radical (unpaired) electrons. The molecule has 1 aromatic heterocycles. The van der Waals surface area contributed by atoms with Crippen LogP contribution in [0.5, 0.6) is 5.75 Å². The Morgan fingerprint density at radius 2 is 1.82 bits per heavy atom. The van der Waals surface area contributed by atoms with E-state index in [1.54, 1.807) is 7.11 Å². The van der Waals surface area contributed by atoms with Crippen molar-refractivity contribution in [2.24, 2.45) is 11.8 Å². The fourth-order valence-corrected chi connectivity index (χ4v) is 7.27. The molecule has 3 aliphatic heterocycles. The summed E-state index contributed by atoms with van der Waals surface area (Å²) in [5.74, 6) is 1.32. The van der Waals surface area contributed by atoms with Gasteiger partial charge in [0.2, 0.25) is 5.91 Å². The lowest BCUT2D eigenvalue weighted by molar-refractivity contribution is -0.135. The van der Waals surface area contributed by atoms with Crippen LogP contribution in [0.2, 0.25) is 0 Å². The molecule has 3 aromatic carbocycles. The number of rotatable bonds is 7. The largest absolute Gasteiger partial charge is 0.494 e. The summed E-state index contributed by atoms with van der Waals surface area (Å²) in [6.07, 6.45) is 0.0498. The lowest BCUT2D eigenvalue weighted by atomic mass is 9.77. The van der Waals surface area contributed by atoms with Gasteiger partial charge in [-0.3, -0.25) is 4.79 Å². The van der Waals surface area contributed by atoms with Crippen molar-refractivity contribution in [3.05, 3.63) is 53.9 Å². The molecule has 7 rings (SSSR count). The molecule has 0 saturated carbocycles. The van der Waals surface area contributed by atoms with E-state index in [2.05, 4.69) is 74.4 Å². The van der Waals surface area contributed by atoms with Gasteiger partial charge in [-0.2, -0.15) is 0 Å². The Morgan fingerprint density at radius 3 is 2.51 bits per heavy atom. The number of alkyl carbamates (subject to hydrolysis) is 1. The quantitative estimate of drug-likeness (QED) is 0.248. The molecule has 4 heterocycles. The van der Waals surface area contributed by atoms with E-state index >= 15 is 0 Å². The highest BCUT2D eigenvalue weighted by atomic mass is 16.7. The van der Waals surface area contributed by atoms with Crippen LogP contribution in [-0.2, 0) is 30.2 Å². The second-order valence-corrected chi connectivity index (χ2v) is 14.9. The van der Waals surface area contributed by atoms with E-state index in [0.29, 0.717) is 32.0 Å². The minimum absolute atomic E-state index is 0.126. The predicted molar refractivity (Wildman–Crippen MR) is 188 cm³/mol. The third-order valence-corrected chi connectivity index (χ3v) is 10.7. The summed E-state index contributed by atoms with van der Waals surface area (Å²) < 4.78 is 29.3. The summed E-state index contributed by atoms with van der Waals surface area (Å²) in [5.41, 5.74) is 5.07. The van der Waals surface area contributed by atoms with E-state index in [4.69, 9.17) is 28.5 Å². The van der Waals surface area contributed by atoms with Crippen LogP contribution in [0.25, 0.3) is 32.9 Å². The number of nitrogens with zero attached hydrogens (tertiary/aromatic N) is 2. The van der Waals surface area contributed by atoms with Crippen LogP contribution in [0.15, 0.2) is 42.5 Å². The molecule has 0 spiro atoms. The van der Waals surface area contributed by atoms with Crippen LogP contribution < -0.4 is 15.5 Å². The van der Waals surface area contributed by atoms with Gasteiger partial charge in [-0.25, -0.2) is 9.78 Å². The Hall–Kier alpha value is -4.13. The summed E-state index contributed by atoms with van der Waals surface area (Å²) in [5, 5.41) is 4.73. The molecule has 2 saturated heterocycles. The number of carbonyl (C=O) groups is 2. The van der Waals surface area contributed by atoms with Crippen LogP contribution in [0.4, 0.5) is 4.79 Å². The number of aromatic amines is 1. The van der Waals surface area contributed by atoms with Crippen LogP contribution in [-0.4, -0.2) is 78.6 Å². The minimum Gasteiger partial charge on any atom is -0.488 e. The molecule has 11 nitrogen and oxygen atoms in total. The van der Waals surface area contributed by atoms with Crippen molar-refractivity contribution < 1.29 is 33.1 Å². The average Bonchev–Trinajstić information content (AvgIpc) is 3.75. The molecule has 2 fully saturated rings. The zero-order chi connectivity index (χ0) is 34.8. The van der Waals surface area contributed by atoms with E-state index < -0.39 is 30.5 Å². The molecule has 3 aliphatic rings. The number of likely N-dealkylation sites (tertiary alicyclic amines) is 1. The number of aromatic nitrogens is 2. The normalized spacial score (nSPS) is 21.5. The zero-order valence-corrected chi connectivity index (χ0v) is 29.5. The topological polar surface area (TPSA) is 124 Å². The Bertz CT molecular complexity index is 1920. The van der Waals surface area contributed by atoms with Gasteiger partial charge in [-0.15, -0.1) is 0 Å². The van der Waals surface area contributed by atoms with Crippen LogP contribution in [0.1, 0.15) is 65.4 Å². The van der Waals surface area contributed by atoms with Gasteiger partial charge in [0.15, 0.2) is 0 Å². The number of benzene rings is 3. The second-order valence-electron chi connectivity index (χ2n) is 14.9. The Labute approximate surface area is 287 Å². The Morgan fingerprint density at radius 1 is 1.06 bits per heavy atom. The first-order valence-corrected chi connectivity index (χ1v) is 17.0. The lowest BCUT2D eigenvalue weighted by Gasteiger charge is -2.32. The molecule has 1 unspecified atom stereocenters. The SMILES string of the molecule is COC[C@H]1CC(c2nc3c(ccc4cc5c(cc43)OCc3cc(B4OC(C)(C)C(C)(C)O4)ccc3-5)[nH]2)N(C(=O)[C@@H](NC(=O)OC)C(C)C)C1. The summed E-state index contributed by atoms with van der Waals surface area (Å²) in [6, 6.07) is 13.7. The number of H-pyrrole nitrogens is 1. The van der Waals surface area contributed by atoms with Gasteiger partial charge in [0.25, 0.3) is 0 Å². The number of methoxy groups -OCH3 is 2. The van der Waals surface area contributed by atoms with Crippen molar-refractivity contribution in [3.8, 4) is 16.9 Å². The van der Waals surface area contributed by atoms with E-state index in [1.165, 1.54) is 7.11 Å². The van der Waals surface area contributed by atoms with Crippen LogP contribution in [0.3, 0.4) is 0 Å². The molecular formula is C37H45BN4O7. The predicted octanol–water partition coefficient (Wildman–Crippen LogP) is 5.49. The monoisotopic (exact) mass is 668 g/mol. The highest BCUT2D eigenvalue weighted by molar-refractivity contribution is 6.62. The molecule has 3 atom stereocenters. The number of hydrogen-bond acceptors (Lipinski definition) is 8. The first-order chi connectivity index (χ1) is 23.3. The lowest BCUT2D eigenvalue weighted by Crippen LogP contribution is -2.51. The molecule has 0 bridgehead atoms. The number of hydrogen-bond donors (Lipinski definition) is 2. The molecule has 12 heteroatoms. The maximum atomic E-state index is 14.0. The number of fused-ring (bicyclic) bond motifs is 6. The first-order valence-electron chi connectivity index (χ1n) is 17.0. The summed E-state index contributed by atoms with van der Waals surface area (Å²) in [6.45, 7) is 13.5. The van der Waals surface area contributed by atoms with Crippen molar-refractivity contribution in [1.82, 2.24) is 20.2 Å². The number of nitrogens with one attached hydrogen (secondary N) is 2. The second kappa shape index (κ2) is 12.3. The zero-order valence-electron chi connectivity index (χ0n) is 29.5. The van der Waals surface area contributed by atoms with Crippen molar-refractivity contribution in [2.45, 2.75) is 77.9 Å². The van der Waals surface area contributed by atoms with E-state index in [0.717, 1.165) is 49.7 Å². The van der Waals surface area contributed by atoms with Gasteiger partial charge in [0, 0.05) is 30.5 Å². The number of amides is 2. The van der Waals surface area contributed by atoms with Crippen molar-refractivity contribution >= 4 is 46.4 Å². The molecule has 49 heavy (non-hydrogen) atoms. The molecule has 258 valence electrons. The molecule has 0 aliphatic carbocycles. The molecule has 2 amide bonds. The van der Waals surface area contributed by atoms with E-state index in [9.17, 15) is 9.59 Å². The molecule has 2 N–H and O–H groups in total. The van der Waals surface area contributed by atoms with E-state index in [1.807, 2.05) is 24.8 Å². The fraction of sp³-hybridized carbons (Fsp3) is 0.486. The van der Waals surface area contributed by atoms with Crippen molar-refractivity contribution in [2.75, 3.05) is 27.4 Å². The van der Waals surface area contributed by atoms with Crippen molar-refractivity contribution in [3.63, 3.8) is 0 Å². The Kier molecular flexibility index (Phi) is 8.40. The smallest absolute Gasteiger partial charge is 0.488 e. The van der Waals surface area contributed by atoms with Gasteiger partial charge in [0.05, 0.1) is 42.0 Å². The highest BCUT2D eigenvalue weighted by Crippen LogP contribution is 2.43. The van der Waals surface area contributed by atoms with Crippen molar-refractivity contribution in [1.29, 1.82) is 0 Å². The number of ether oxygens (including phenoxy) is 3. The third-order valence-electron chi connectivity index (χ3n) is 10.7. The molecular weight excluding hydrogens is 623 g/mol. The van der Waals surface area contributed by atoms with E-state index in [-0.39, 0.29) is 23.8 Å². The maximum absolute atomic E-state index is 14.0.